The topological polar surface area (TPSA) is 91.8 Å². The average molecular weight is 460 g/mol. The fourth-order valence-electron chi connectivity index (χ4n) is 3.74. The summed E-state index contributed by atoms with van der Waals surface area (Å²) in [5.41, 5.74) is 2.19. The van der Waals surface area contributed by atoms with Gasteiger partial charge in [0.25, 0.3) is 0 Å². The number of benzene rings is 1. The molecule has 0 bridgehead atoms. The molecule has 0 radical (unpaired) electrons. The maximum absolute atomic E-state index is 11.6. The van der Waals surface area contributed by atoms with Crippen molar-refractivity contribution in [3.63, 3.8) is 0 Å². The van der Waals surface area contributed by atoms with Gasteiger partial charge in [-0.3, -0.25) is 9.78 Å². The molecule has 1 aliphatic heterocycles. The first kappa shape index (κ1) is 23.4. The van der Waals surface area contributed by atoms with Crippen LogP contribution in [0.5, 0.6) is 23.1 Å². The molecule has 0 spiro atoms. The van der Waals surface area contributed by atoms with Crippen LogP contribution < -0.4 is 24.3 Å². The molecular weight excluding hydrogens is 434 g/mol. The van der Waals surface area contributed by atoms with Crippen LogP contribution in [0.3, 0.4) is 0 Å². The van der Waals surface area contributed by atoms with E-state index in [2.05, 4.69) is 10.3 Å². The van der Waals surface area contributed by atoms with Crippen LogP contribution in [-0.4, -0.2) is 49.9 Å². The molecule has 32 heavy (non-hydrogen) atoms. The summed E-state index contributed by atoms with van der Waals surface area (Å²) in [5, 5.41) is 3.66. The van der Waals surface area contributed by atoms with Crippen LogP contribution in [0.1, 0.15) is 13.3 Å². The number of pyridine rings is 2. The smallest absolute Gasteiger partial charge is 0.223 e. The van der Waals surface area contributed by atoms with Gasteiger partial charge in [0.1, 0.15) is 6.10 Å². The fourth-order valence-corrected chi connectivity index (χ4v) is 3.74. The van der Waals surface area contributed by atoms with Crippen molar-refractivity contribution in [2.75, 3.05) is 27.9 Å². The van der Waals surface area contributed by atoms with Crippen LogP contribution in [0.4, 0.5) is 0 Å². The Morgan fingerprint density at radius 1 is 1.09 bits per heavy atom. The summed E-state index contributed by atoms with van der Waals surface area (Å²) >= 11 is 0. The lowest BCUT2D eigenvalue weighted by Crippen LogP contribution is -2.26. The van der Waals surface area contributed by atoms with Gasteiger partial charge in [-0.1, -0.05) is 0 Å². The predicted octanol–water partition coefficient (Wildman–Crippen LogP) is 3.65. The van der Waals surface area contributed by atoms with Crippen molar-refractivity contribution in [2.24, 2.45) is 5.92 Å². The fraction of sp³-hybridized carbons (Fsp3) is 0.348. The third-order valence-electron chi connectivity index (χ3n) is 5.50. The van der Waals surface area contributed by atoms with Crippen molar-refractivity contribution in [1.82, 2.24) is 15.3 Å². The van der Waals surface area contributed by atoms with E-state index in [1.165, 1.54) is 0 Å². The van der Waals surface area contributed by atoms with E-state index in [0.717, 1.165) is 16.5 Å². The Morgan fingerprint density at radius 3 is 2.41 bits per heavy atom. The third-order valence-corrected chi connectivity index (χ3v) is 5.50. The molecule has 2 aromatic heterocycles. The molecule has 3 aromatic rings. The minimum absolute atomic E-state index is 0. The van der Waals surface area contributed by atoms with E-state index in [-0.39, 0.29) is 30.3 Å². The van der Waals surface area contributed by atoms with Crippen LogP contribution >= 0.6 is 12.4 Å². The van der Waals surface area contributed by atoms with Gasteiger partial charge < -0.3 is 24.3 Å². The SMILES string of the molecule is COc1cc(-c2cc3ncccc3c(OC(C)C3CNC(=O)C3)n2)cc(OC)c1OC.Cl. The summed E-state index contributed by atoms with van der Waals surface area (Å²) in [5.74, 6) is 2.19. The number of halogens is 1. The Balaban J connectivity index is 0.00000289. The number of nitrogens with one attached hydrogen (secondary N) is 1. The van der Waals surface area contributed by atoms with Gasteiger partial charge in [-0.2, -0.15) is 0 Å². The van der Waals surface area contributed by atoms with E-state index in [9.17, 15) is 4.79 Å². The molecular formula is C23H26ClN3O5. The summed E-state index contributed by atoms with van der Waals surface area (Å²) in [7, 11) is 4.71. The van der Waals surface area contributed by atoms with Crippen LogP contribution in [0, 0.1) is 5.92 Å². The molecule has 1 saturated heterocycles. The number of ether oxygens (including phenoxy) is 4. The Hall–Kier alpha value is -3.26. The normalized spacial score (nSPS) is 16.1. The highest BCUT2D eigenvalue weighted by Crippen LogP contribution is 2.41. The standard InChI is InChI=1S/C23H25N3O5.ClH/c1-13(15-10-21(27)25-12-15)31-23-16-6-5-7-24-18(16)11-17(26-23)14-8-19(28-2)22(30-4)20(9-14)29-3;/h5-9,11,13,15H,10,12H2,1-4H3,(H,25,27);1H. The van der Waals surface area contributed by atoms with Gasteiger partial charge >= 0.3 is 0 Å². The van der Waals surface area contributed by atoms with Gasteiger partial charge in [-0.15, -0.1) is 12.4 Å². The molecule has 9 heteroatoms. The molecule has 0 saturated carbocycles. The van der Waals surface area contributed by atoms with Gasteiger partial charge in [0.05, 0.1) is 37.9 Å². The van der Waals surface area contributed by atoms with E-state index in [4.69, 9.17) is 23.9 Å². The minimum atomic E-state index is -0.190. The molecule has 1 fully saturated rings. The molecule has 0 aliphatic carbocycles. The Labute approximate surface area is 192 Å². The Morgan fingerprint density at radius 2 is 1.81 bits per heavy atom. The monoisotopic (exact) mass is 459 g/mol. The zero-order chi connectivity index (χ0) is 22.0. The minimum Gasteiger partial charge on any atom is -0.493 e. The second kappa shape index (κ2) is 9.91. The van der Waals surface area contributed by atoms with Crippen LogP contribution in [0.15, 0.2) is 36.5 Å². The molecule has 1 N–H and O–H groups in total. The quantitative estimate of drug-likeness (QED) is 0.576. The highest BCUT2D eigenvalue weighted by atomic mass is 35.5. The second-order valence-electron chi connectivity index (χ2n) is 7.39. The summed E-state index contributed by atoms with van der Waals surface area (Å²) in [6, 6.07) is 9.35. The first-order chi connectivity index (χ1) is 15.0. The highest BCUT2D eigenvalue weighted by Gasteiger charge is 2.29. The maximum Gasteiger partial charge on any atom is 0.223 e. The van der Waals surface area contributed by atoms with Crippen LogP contribution in [-0.2, 0) is 4.79 Å². The second-order valence-corrected chi connectivity index (χ2v) is 7.39. The van der Waals surface area contributed by atoms with Crippen LogP contribution in [0.2, 0.25) is 0 Å². The largest absolute Gasteiger partial charge is 0.493 e. The number of fused-ring (bicyclic) bond motifs is 1. The zero-order valence-electron chi connectivity index (χ0n) is 18.4. The number of methoxy groups -OCH3 is 3. The third kappa shape index (κ3) is 4.50. The van der Waals surface area contributed by atoms with Gasteiger partial charge in [-0.05, 0) is 37.3 Å². The number of nitrogens with zero attached hydrogens (tertiary/aromatic N) is 2. The zero-order valence-corrected chi connectivity index (χ0v) is 19.2. The molecule has 3 heterocycles. The van der Waals surface area contributed by atoms with E-state index >= 15 is 0 Å². The molecule has 1 aromatic carbocycles. The van der Waals surface area contributed by atoms with Gasteiger partial charge in [-0.25, -0.2) is 4.98 Å². The first-order valence-electron chi connectivity index (χ1n) is 10.0. The molecule has 2 atom stereocenters. The predicted molar refractivity (Wildman–Crippen MR) is 123 cm³/mol. The number of aromatic nitrogens is 2. The van der Waals surface area contributed by atoms with Crippen molar-refractivity contribution in [3.05, 3.63) is 36.5 Å². The van der Waals surface area contributed by atoms with Crippen molar-refractivity contribution < 1.29 is 23.7 Å². The number of hydrogen-bond donors (Lipinski definition) is 1. The van der Waals surface area contributed by atoms with Crippen LogP contribution in [0.25, 0.3) is 22.2 Å². The number of carbonyl (C=O) groups excluding carboxylic acids is 1. The molecule has 8 nitrogen and oxygen atoms in total. The molecule has 1 amide bonds. The van der Waals surface area contributed by atoms with Gasteiger partial charge in [0.15, 0.2) is 11.5 Å². The average Bonchev–Trinajstić information content (AvgIpc) is 3.24. The molecule has 170 valence electrons. The van der Waals surface area contributed by atoms with E-state index in [0.29, 0.717) is 41.8 Å². The Bertz CT molecular complexity index is 1100. The van der Waals surface area contributed by atoms with E-state index in [1.54, 1.807) is 27.5 Å². The lowest BCUT2D eigenvalue weighted by molar-refractivity contribution is -0.119. The first-order valence-corrected chi connectivity index (χ1v) is 10.0. The molecule has 1 aliphatic rings. The summed E-state index contributed by atoms with van der Waals surface area (Å²) in [6.07, 6.45) is 1.99. The number of rotatable bonds is 7. The van der Waals surface area contributed by atoms with E-state index in [1.807, 2.05) is 37.3 Å². The number of hydrogen-bond acceptors (Lipinski definition) is 7. The number of carbonyl (C=O) groups is 1. The summed E-state index contributed by atoms with van der Waals surface area (Å²) in [6.45, 7) is 2.56. The maximum atomic E-state index is 11.6. The van der Waals surface area contributed by atoms with Gasteiger partial charge in [0.2, 0.25) is 17.5 Å². The summed E-state index contributed by atoms with van der Waals surface area (Å²) in [4.78, 5) is 20.9. The number of amides is 1. The van der Waals surface area contributed by atoms with E-state index < -0.39 is 0 Å². The molecule has 4 rings (SSSR count). The molecule has 2 unspecified atom stereocenters. The lowest BCUT2D eigenvalue weighted by atomic mass is 10.0. The Kier molecular flexibility index (Phi) is 7.25. The van der Waals surface area contributed by atoms with Crippen molar-refractivity contribution in [1.29, 1.82) is 0 Å². The van der Waals surface area contributed by atoms with Crippen molar-refractivity contribution in [3.8, 4) is 34.4 Å². The summed E-state index contributed by atoms with van der Waals surface area (Å²) < 4.78 is 22.6. The van der Waals surface area contributed by atoms with Crippen molar-refractivity contribution in [2.45, 2.75) is 19.4 Å². The lowest BCUT2D eigenvalue weighted by Gasteiger charge is -2.20. The van der Waals surface area contributed by atoms with Gasteiger partial charge in [0, 0.05) is 30.6 Å². The van der Waals surface area contributed by atoms with Crippen molar-refractivity contribution >= 4 is 29.2 Å². The highest BCUT2D eigenvalue weighted by molar-refractivity contribution is 5.87.